The van der Waals surface area contributed by atoms with Crippen LogP contribution in [0.25, 0.3) is 0 Å². The predicted octanol–water partition coefficient (Wildman–Crippen LogP) is 6.75. The van der Waals surface area contributed by atoms with E-state index in [0.717, 1.165) is 6.42 Å². The summed E-state index contributed by atoms with van der Waals surface area (Å²) >= 11 is 0. The van der Waals surface area contributed by atoms with Crippen LogP contribution in [0, 0.1) is 0 Å². The number of imidazole rings is 1. The first-order chi connectivity index (χ1) is 14.1. The molecule has 0 amide bonds. The average molecular weight is 390 g/mol. The van der Waals surface area contributed by atoms with Crippen LogP contribution in [-0.4, -0.2) is 4.98 Å². The maximum absolute atomic E-state index is 3.64. The first-order valence-corrected chi connectivity index (χ1v) is 11.2. The van der Waals surface area contributed by atoms with Gasteiger partial charge in [-0.2, -0.15) is 0 Å². The number of benzene rings is 2. The molecule has 29 heavy (non-hydrogen) atoms. The van der Waals surface area contributed by atoms with Gasteiger partial charge in [0.2, 0.25) is 0 Å². The minimum Gasteiger partial charge on any atom is -0.247 e. The van der Waals surface area contributed by atoms with Crippen molar-refractivity contribution in [1.29, 1.82) is 0 Å². The molecule has 2 unspecified atom stereocenters. The molecule has 0 spiro atoms. The van der Waals surface area contributed by atoms with E-state index in [1.165, 1.54) is 42.6 Å². The van der Waals surface area contributed by atoms with Crippen molar-refractivity contribution >= 4 is 0 Å². The maximum Gasteiger partial charge on any atom is 0.258 e. The summed E-state index contributed by atoms with van der Waals surface area (Å²) in [4.78, 5) is 3.64. The third-order valence-electron chi connectivity index (χ3n) is 6.34. The lowest BCUT2D eigenvalue weighted by molar-refractivity contribution is -0.723. The molecule has 0 saturated carbocycles. The Kier molecular flexibility index (Phi) is 7.30. The van der Waals surface area contributed by atoms with E-state index < -0.39 is 0 Å². The fraction of sp³-hybridized carbons (Fsp3) is 0.444. The summed E-state index contributed by atoms with van der Waals surface area (Å²) in [5.74, 6) is 1.78. The lowest BCUT2D eigenvalue weighted by Crippen LogP contribution is -2.45. The van der Waals surface area contributed by atoms with E-state index in [1.807, 2.05) is 0 Å². The van der Waals surface area contributed by atoms with Crippen molar-refractivity contribution in [3.05, 3.63) is 90.0 Å². The highest BCUT2D eigenvalue weighted by Gasteiger charge is 2.42. The molecule has 0 bridgehead atoms. The molecule has 0 radical (unpaired) electrons. The molecule has 2 nitrogen and oxygen atoms in total. The van der Waals surface area contributed by atoms with Gasteiger partial charge in [0.05, 0.1) is 12.0 Å². The van der Waals surface area contributed by atoms with Crippen molar-refractivity contribution in [1.82, 2.24) is 4.98 Å². The standard InChI is InChI=1S/C27H36N2/c1-5-6-9-18-25(26-28-19-20-29(26)22(2)3)27(4,24-16-12-8-13-17-24)21-23-14-10-7-11-15-23/h7-8,10-17,19-20,22,25H,5-6,9,18,21H2,1-4H3/p+1. The van der Waals surface area contributed by atoms with Crippen LogP contribution in [0.15, 0.2) is 73.1 Å². The van der Waals surface area contributed by atoms with Crippen molar-refractivity contribution in [2.45, 2.75) is 77.2 Å². The Morgan fingerprint density at radius 3 is 2.21 bits per heavy atom. The highest BCUT2D eigenvalue weighted by atomic mass is 15.1. The van der Waals surface area contributed by atoms with Gasteiger partial charge in [-0.05, 0) is 37.8 Å². The van der Waals surface area contributed by atoms with Gasteiger partial charge >= 0.3 is 0 Å². The largest absolute Gasteiger partial charge is 0.258 e. The summed E-state index contributed by atoms with van der Waals surface area (Å²) in [5.41, 5.74) is 2.84. The Morgan fingerprint density at radius 1 is 0.931 bits per heavy atom. The second-order valence-corrected chi connectivity index (χ2v) is 8.84. The normalized spacial score (nSPS) is 14.7. The van der Waals surface area contributed by atoms with E-state index in [2.05, 4.69) is 110 Å². The topological polar surface area (TPSA) is 19.7 Å². The molecule has 2 heteroatoms. The number of aromatic nitrogens is 2. The Hall–Kier alpha value is -2.35. The Morgan fingerprint density at radius 2 is 1.59 bits per heavy atom. The molecule has 2 aromatic carbocycles. The van der Waals surface area contributed by atoms with E-state index in [-0.39, 0.29) is 5.41 Å². The number of hydrogen-bond donors (Lipinski definition) is 1. The summed E-state index contributed by atoms with van der Waals surface area (Å²) in [6, 6.07) is 22.6. The minimum atomic E-state index is 0.0118. The molecule has 3 rings (SSSR count). The molecule has 0 fully saturated rings. The smallest absolute Gasteiger partial charge is 0.247 e. The van der Waals surface area contributed by atoms with Crippen LogP contribution < -0.4 is 4.57 Å². The van der Waals surface area contributed by atoms with Gasteiger partial charge in [0, 0.05) is 5.41 Å². The first kappa shape index (κ1) is 21.4. The molecule has 0 saturated heterocycles. The van der Waals surface area contributed by atoms with Crippen molar-refractivity contribution in [2.24, 2.45) is 0 Å². The molecule has 2 atom stereocenters. The Labute approximate surface area is 177 Å². The minimum absolute atomic E-state index is 0.0118. The number of nitrogens with one attached hydrogen (secondary N) is 1. The molecule has 0 aliphatic carbocycles. The average Bonchev–Trinajstić information content (AvgIpc) is 3.22. The first-order valence-electron chi connectivity index (χ1n) is 11.2. The van der Waals surface area contributed by atoms with E-state index in [9.17, 15) is 0 Å². The van der Waals surface area contributed by atoms with E-state index >= 15 is 0 Å². The van der Waals surface area contributed by atoms with Gasteiger partial charge in [-0.15, -0.1) is 0 Å². The van der Waals surface area contributed by atoms with Crippen LogP contribution in [0.4, 0.5) is 0 Å². The molecule has 1 aromatic heterocycles. The van der Waals surface area contributed by atoms with Gasteiger partial charge in [0.25, 0.3) is 5.82 Å². The van der Waals surface area contributed by atoms with Gasteiger partial charge in [-0.25, -0.2) is 9.55 Å². The molecule has 3 aromatic rings. The zero-order valence-electron chi connectivity index (χ0n) is 18.6. The van der Waals surface area contributed by atoms with Gasteiger partial charge in [-0.3, -0.25) is 0 Å². The third-order valence-corrected chi connectivity index (χ3v) is 6.34. The lowest BCUT2D eigenvalue weighted by Gasteiger charge is -2.37. The van der Waals surface area contributed by atoms with E-state index in [0.29, 0.717) is 12.0 Å². The highest BCUT2D eigenvalue weighted by Crippen LogP contribution is 2.43. The van der Waals surface area contributed by atoms with Crippen molar-refractivity contribution in [3.63, 3.8) is 0 Å². The van der Waals surface area contributed by atoms with Gasteiger partial charge in [-0.1, -0.05) is 93.8 Å². The summed E-state index contributed by atoms with van der Waals surface area (Å²) in [6.07, 6.45) is 10.3. The summed E-state index contributed by atoms with van der Waals surface area (Å²) in [7, 11) is 0. The monoisotopic (exact) mass is 389 g/mol. The molecular formula is C27H37N2+. The number of unbranched alkanes of at least 4 members (excludes halogenated alkanes) is 2. The zero-order chi connectivity index (χ0) is 20.7. The predicted molar refractivity (Wildman–Crippen MR) is 122 cm³/mol. The van der Waals surface area contributed by atoms with Crippen LogP contribution >= 0.6 is 0 Å². The van der Waals surface area contributed by atoms with E-state index in [1.54, 1.807) is 0 Å². The van der Waals surface area contributed by atoms with Crippen LogP contribution in [0.3, 0.4) is 0 Å². The van der Waals surface area contributed by atoms with Gasteiger partial charge in [0.15, 0.2) is 0 Å². The van der Waals surface area contributed by atoms with Crippen LogP contribution in [-0.2, 0) is 11.8 Å². The summed E-state index contributed by atoms with van der Waals surface area (Å²) in [6.45, 7) is 9.31. The highest BCUT2D eigenvalue weighted by molar-refractivity contribution is 5.32. The maximum atomic E-state index is 3.64. The van der Waals surface area contributed by atoms with Crippen molar-refractivity contribution in [2.75, 3.05) is 0 Å². The van der Waals surface area contributed by atoms with Crippen molar-refractivity contribution < 1.29 is 4.57 Å². The molecular weight excluding hydrogens is 352 g/mol. The second kappa shape index (κ2) is 9.91. The Bertz CT molecular complexity index is 851. The summed E-state index contributed by atoms with van der Waals surface area (Å²) < 4.78 is 2.43. The molecule has 1 N–H and O–H groups in total. The Balaban J connectivity index is 2.10. The molecule has 0 aliphatic rings. The van der Waals surface area contributed by atoms with Gasteiger partial charge in [0.1, 0.15) is 12.4 Å². The quantitative estimate of drug-likeness (QED) is 0.292. The fourth-order valence-corrected chi connectivity index (χ4v) is 4.71. The van der Waals surface area contributed by atoms with Crippen LogP contribution in [0.5, 0.6) is 0 Å². The van der Waals surface area contributed by atoms with Crippen molar-refractivity contribution in [3.8, 4) is 0 Å². The SMILES string of the molecule is CCCCCC(c1[nH]cc[n+]1C(C)C)C(C)(Cc1ccccc1)c1ccccc1. The zero-order valence-corrected chi connectivity index (χ0v) is 18.6. The summed E-state index contributed by atoms with van der Waals surface area (Å²) in [5, 5.41) is 0. The number of rotatable bonds is 10. The molecule has 1 heterocycles. The van der Waals surface area contributed by atoms with E-state index in [4.69, 9.17) is 0 Å². The second-order valence-electron chi connectivity index (χ2n) is 8.84. The number of hydrogen-bond acceptors (Lipinski definition) is 0. The third kappa shape index (κ3) is 4.98. The van der Waals surface area contributed by atoms with Gasteiger partial charge < -0.3 is 0 Å². The molecule has 0 aliphatic heterocycles. The molecule has 154 valence electrons. The number of H-pyrrole nitrogens is 1. The van der Waals surface area contributed by atoms with Crippen LogP contribution in [0.1, 0.15) is 82.3 Å². The number of aromatic amines is 1. The fourth-order valence-electron chi connectivity index (χ4n) is 4.71. The number of nitrogens with zero attached hydrogens (tertiary/aromatic N) is 1. The lowest BCUT2D eigenvalue weighted by atomic mass is 9.66. The van der Waals surface area contributed by atoms with Crippen LogP contribution in [0.2, 0.25) is 0 Å².